The predicted octanol–water partition coefficient (Wildman–Crippen LogP) is 10.7. The first-order valence-electron chi connectivity index (χ1n) is 13.7. The van der Waals surface area contributed by atoms with E-state index in [1.165, 1.54) is 69.8 Å². The van der Waals surface area contributed by atoms with Crippen molar-refractivity contribution < 1.29 is 9.47 Å². The molecule has 0 spiro atoms. The van der Waals surface area contributed by atoms with Crippen LogP contribution in [0.3, 0.4) is 0 Å². The zero-order valence-electron chi connectivity index (χ0n) is 21.9. The maximum atomic E-state index is 6.20. The fraction of sp³-hybridized carbons (Fsp3) is 0.500. The predicted molar refractivity (Wildman–Crippen MR) is 158 cm³/mol. The maximum absolute atomic E-state index is 6.20. The van der Waals surface area contributed by atoms with Gasteiger partial charge < -0.3 is 9.47 Å². The largest absolute Gasteiger partial charge is 0.494 e. The molecule has 0 bridgehead atoms. The van der Waals surface area contributed by atoms with Gasteiger partial charge in [0.05, 0.1) is 13.2 Å². The topological polar surface area (TPSA) is 18.5 Å². The Kier molecular flexibility index (Phi) is 16.1. The monoisotopic (exact) mass is 540 g/mol. The Balaban J connectivity index is 1.97. The molecule has 0 heterocycles. The van der Waals surface area contributed by atoms with Gasteiger partial charge in [-0.25, -0.2) is 0 Å². The minimum atomic E-state index is 0.762. The highest BCUT2D eigenvalue weighted by molar-refractivity contribution is 9.11. The van der Waals surface area contributed by atoms with E-state index in [1.807, 2.05) is 17.1 Å². The second kappa shape index (κ2) is 19.2. The standard InChI is InChI=1S/C32H45BrO2/c1-3-5-7-9-11-13-25-34-31-21-22-32(35-26-14-12-10-8-6-4-2)30(27-31)20-19-28-15-17-29(18-16-28)23-24-33/h15-24,27H,3-14,25-26H2,1-2H3/b20-19-,24-23-. The summed E-state index contributed by atoms with van der Waals surface area (Å²) in [7, 11) is 0. The molecule has 0 unspecified atom stereocenters. The number of hydrogen-bond acceptors (Lipinski definition) is 2. The Hall–Kier alpha value is -2.00. The van der Waals surface area contributed by atoms with Crippen LogP contribution in [0.5, 0.6) is 11.5 Å². The van der Waals surface area contributed by atoms with Gasteiger partial charge in [0.2, 0.25) is 0 Å². The third kappa shape index (κ3) is 13.0. The Labute approximate surface area is 223 Å². The third-order valence-corrected chi connectivity index (χ3v) is 6.41. The summed E-state index contributed by atoms with van der Waals surface area (Å²) in [5, 5.41) is 0. The second-order valence-electron chi connectivity index (χ2n) is 9.22. The Bertz CT molecular complexity index is 854. The fourth-order valence-corrected chi connectivity index (χ4v) is 4.30. The van der Waals surface area contributed by atoms with Gasteiger partial charge in [-0.3, -0.25) is 0 Å². The number of ether oxygens (including phenoxy) is 2. The van der Waals surface area contributed by atoms with E-state index in [0.717, 1.165) is 48.7 Å². The van der Waals surface area contributed by atoms with Gasteiger partial charge in [0.15, 0.2) is 0 Å². The first kappa shape index (κ1) is 29.2. The van der Waals surface area contributed by atoms with E-state index in [-0.39, 0.29) is 0 Å². The molecule has 0 aliphatic heterocycles. The quantitative estimate of drug-likeness (QED) is 0.130. The van der Waals surface area contributed by atoms with Crippen molar-refractivity contribution in [2.45, 2.75) is 90.9 Å². The zero-order chi connectivity index (χ0) is 25.0. The van der Waals surface area contributed by atoms with Crippen molar-refractivity contribution in [1.82, 2.24) is 0 Å². The van der Waals surface area contributed by atoms with Crippen LogP contribution in [-0.4, -0.2) is 13.2 Å². The molecule has 0 aliphatic rings. The van der Waals surface area contributed by atoms with E-state index in [4.69, 9.17) is 9.47 Å². The molecule has 2 nitrogen and oxygen atoms in total. The van der Waals surface area contributed by atoms with Crippen LogP contribution in [0, 0.1) is 0 Å². The van der Waals surface area contributed by atoms with E-state index >= 15 is 0 Å². The van der Waals surface area contributed by atoms with E-state index in [2.05, 4.69) is 78.3 Å². The van der Waals surface area contributed by atoms with Gasteiger partial charge in [0.1, 0.15) is 11.5 Å². The summed E-state index contributed by atoms with van der Waals surface area (Å²) in [6.07, 6.45) is 21.5. The van der Waals surface area contributed by atoms with Gasteiger partial charge in [-0.2, -0.15) is 0 Å². The average molecular weight is 542 g/mol. The lowest BCUT2D eigenvalue weighted by atomic mass is 10.1. The van der Waals surface area contributed by atoms with Crippen molar-refractivity contribution in [2.24, 2.45) is 0 Å². The molecule has 0 fully saturated rings. The summed E-state index contributed by atoms with van der Waals surface area (Å²) >= 11 is 3.34. The first-order valence-corrected chi connectivity index (χ1v) is 14.6. The first-order chi connectivity index (χ1) is 17.3. The van der Waals surface area contributed by atoms with Crippen LogP contribution >= 0.6 is 15.9 Å². The lowest BCUT2D eigenvalue weighted by Gasteiger charge is -2.12. The maximum Gasteiger partial charge on any atom is 0.126 e. The van der Waals surface area contributed by atoms with Crippen LogP contribution in [0.25, 0.3) is 18.2 Å². The average Bonchev–Trinajstić information content (AvgIpc) is 2.88. The van der Waals surface area contributed by atoms with E-state index in [0.29, 0.717) is 0 Å². The lowest BCUT2D eigenvalue weighted by Crippen LogP contribution is -2.01. The number of hydrogen-bond donors (Lipinski definition) is 0. The van der Waals surface area contributed by atoms with E-state index < -0.39 is 0 Å². The van der Waals surface area contributed by atoms with Gasteiger partial charge in [0, 0.05) is 5.56 Å². The molecule has 2 aromatic rings. The fourth-order valence-electron chi connectivity index (χ4n) is 3.99. The summed E-state index contributed by atoms with van der Waals surface area (Å²) < 4.78 is 12.3. The molecule has 192 valence electrons. The van der Waals surface area contributed by atoms with E-state index in [9.17, 15) is 0 Å². The highest BCUT2D eigenvalue weighted by Gasteiger charge is 2.05. The molecule has 0 amide bonds. The van der Waals surface area contributed by atoms with Crippen LogP contribution in [0.15, 0.2) is 47.4 Å². The van der Waals surface area contributed by atoms with Crippen LogP contribution in [0.4, 0.5) is 0 Å². The minimum absolute atomic E-state index is 0.762. The minimum Gasteiger partial charge on any atom is -0.494 e. The summed E-state index contributed by atoms with van der Waals surface area (Å²) in [5.74, 6) is 1.85. The molecule has 3 heteroatoms. The van der Waals surface area contributed by atoms with Gasteiger partial charge >= 0.3 is 0 Å². The van der Waals surface area contributed by atoms with Crippen molar-refractivity contribution >= 4 is 34.2 Å². The molecule has 0 aliphatic carbocycles. The van der Waals surface area contributed by atoms with Gasteiger partial charge in [0.25, 0.3) is 0 Å². The van der Waals surface area contributed by atoms with E-state index in [1.54, 1.807) is 0 Å². The summed E-state index contributed by atoms with van der Waals surface area (Å²) in [6, 6.07) is 14.7. The Morgan fingerprint density at radius 2 is 1.14 bits per heavy atom. The Morgan fingerprint density at radius 1 is 0.600 bits per heavy atom. The molecule has 2 aromatic carbocycles. The van der Waals surface area contributed by atoms with Crippen molar-refractivity contribution in [3.63, 3.8) is 0 Å². The molecule has 0 aromatic heterocycles. The van der Waals surface area contributed by atoms with Crippen LogP contribution in [0.2, 0.25) is 0 Å². The molecule has 0 atom stereocenters. The summed E-state index contributed by atoms with van der Waals surface area (Å²) in [4.78, 5) is 1.88. The van der Waals surface area contributed by atoms with Gasteiger partial charge in [-0.05, 0) is 53.2 Å². The van der Waals surface area contributed by atoms with Crippen molar-refractivity contribution in [1.29, 1.82) is 0 Å². The zero-order valence-corrected chi connectivity index (χ0v) is 23.5. The SMILES string of the molecule is CCCCCCCCOc1ccc(OCCCCCCCC)c(/C=C\c2ccc(/C=C\Br)cc2)c1. The highest BCUT2D eigenvalue weighted by Crippen LogP contribution is 2.27. The smallest absolute Gasteiger partial charge is 0.126 e. The van der Waals surface area contributed by atoms with Crippen molar-refractivity contribution in [3.05, 3.63) is 64.1 Å². The van der Waals surface area contributed by atoms with Crippen molar-refractivity contribution in [2.75, 3.05) is 13.2 Å². The van der Waals surface area contributed by atoms with Gasteiger partial charge in [-0.1, -0.05) is 130 Å². The van der Waals surface area contributed by atoms with Crippen LogP contribution in [-0.2, 0) is 0 Å². The van der Waals surface area contributed by atoms with Gasteiger partial charge in [-0.15, -0.1) is 0 Å². The molecule has 0 saturated carbocycles. The molecule has 35 heavy (non-hydrogen) atoms. The van der Waals surface area contributed by atoms with Crippen molar-refractivity contribution in [3.8, 4) is 11.5 Å². The molecule has 0 N–H and O–H groups in total. The molecule has 2 rings (SSSR count). The molecule has 0 radical (unpaired) electrons. The normalized spacial score (nSPS) is 11.5. The highest BCUT2D eigenvalue weighted by atomic mass is 79.9. The number of unbranched alkanes of at least 4 members (excludes halogenated alkanes) is 10. The lowest BCUT2D eigenvalue weighted by molar-refractivity contribution is 0.296. The number of benzene rings is 2. The summed E-state index contributed by atoms with van der Waals surface area (Å²) in [5.41, 5.74) is 3.41. The molecular formula is C32H45BrO2. The molecular weight excluding hydrogens is 496 g/mol. The summed E-state index contributed by atoms with van der Waals surface area (Å²) in [6.45, 7) is 6.05. The Morgan fingerprint density at radius 3 is 1.74 bits per heavy atom. The van der Waals surface area contributed by atoms with Crippen LogP contribution in [0.1, 0.15) is 108 Å². The third-order valence-electron chi connectivity index (χ3n) is 6.15. The number of halogens is 1. The number of rotatable bonds is 19. The second-order valence-corrected chi connectivity index (χ2v) is 9.75. The van der Waals surface area contributed by atoms with Crippen LogP contribution < -0.4 is 9.47 Å². The molecule has 0 saturated heterocycles.